The van der Waals surface area contributed by atoms with Crippen molar-refractivity contribution in [2.75, 3.05) is 23.7 Å². The molecular weight excluding hydrogens is 261 g/mol. The van der Waals surface area contributed by atoms with Gasteiger partial charge in [0.1, 0.15) is 11.6 Å². The van der Waals surface area contributed by atoms with E-state index < -0.39 is 18.1 Å². The molecule has 0 aromatic carbocycles. The highest BCUT2D eigenvalue weighted by Crippen LogP contribution is 2.28. The molecule has 5 nitrogen and oxygen atoms in total. The van der Waals surface area contributed by atoms with Crippen molar-refractivity contribution in [1.82, 2.24) is 9.97 Å². The van der Waals surface area contributed by atoms with Gasteiger partial charge in [-0.2, -0.15) is 13.2 Å². The molecule has 1 unspecified atom stereocenters. The average molecular weight is 278 g/mol. The summed E-state index contributed by atoms with van der Waals surface area (Å²) < 4.78 is 37.9. The van der Waals surface area contributed by atoms with Gasteiger partial charge in [-0.05, 0) is 20.3 Å². The second kappa shape index (κ2) is 6.55. The topological polar surface area (TPSA) is 70.1 Å². The highest BCUT2D eigenvalue weighted by atomic mass is 19.4. The van der Waals surface area contributed by atoms with Gasteiger partial charge in [-0.3, -0.25) is 0 Å². The summed E-state index contributed by atoms with van der Waals surface area (Å²) in [5.74, 6) is -0.992. The number of nitrogens with zero attached hydrogens (tertiary/aromatic N) is 2. The molecule has 0 saturated heterocycles. The van der Waals surface area contributed by atoms with Gasteiger partial charge in [0, 0.05) is 19.2 Å². The molecule has 19 heavy (non-hydrogen) atoms. The lowest BCUT2D eigenvalue weighted by Gasteiger charge is -2.12. The van der Waals surface area contributed by atoms with E-state index in [2.05, 4.69) is 20.6 Å². The third-order valence-corrected chi connectivity index (χ3v) is 2.21. The zero-order chi connectivity index (χ0) is 14.5. The van der Waals surface area contributed by atoms with Crippen LogP contribution in [0.3, 0.4) is 0 Å². The first kappa shape index (κ1) is 15.5. The minimum absolute atomic E-state index is 0.0823. The van der Waals surface area contributed by atoms with Gasteiger partial charge in [0.2, 0.25) is 5.82 Å². The van der Waals surface area contributed by atoms with Gasteiger partial charge in [0.15, 0.2) is 0 Å². The van der Waals surface area contributed by atoms with E-state index in [0.717, 1.165) is 0 Å². The quantitative estimate of drug-likeness (QED) is 0.743. The number of anilines is 2. The Kier molecular flexibility index (Phi) is 5.34. The summed E-state index contributed by atoms with van der Waals surface area (Å²) in [6.07, 6.45) is -4.70. The Balaban J connectivity index is 2.87. The lowest BCUT2D eigenvalue weighted by Crippen LogP contribution is -2.16. The molecule has 0 fully saturated rings. The molecule has 1 heterocycles. The number of aliphatic hydroxyl groups is 1. The van der Waals surface area contributed by atoms with Gasteiger partial charge in [0.05, 0.1) is 6.10 Å². The van der Waals surface area contributed by atoms with Gasteiger partial charge in [-0.25, -0.2) is 9.97 Å². The molecule has 8 heteroatoms. The van der Waals surface area contributed by atoms with Crippen LogP contribution in [0.5, 0.6) is 0 Å². The van der Waals surface area contributed by atoms with Gasteiger partial charge in [-0.15, -0.1) is 0 Å². The zero-order valence-corrected chi connectivity index (χ0v) is 10.8. The molecule has 0 aliphatic carbocycles. The van der Waals surface area contributed by atoms with Crippen molar-refractivity contribution in [2.24, 2.45) is 0 Å². The number of halogens is 3. The van der Waals surface area contributed by atoms with Gasteiger partial charge >= 0.3 is 6.18 Å². The molecule has 0 spiro atoms. The number of aromatic nitrogens is 2. The normalized spacial score (nSPS) is 13.2. The molecule has 0 aliphatic rings. The van der Waals surface area contributed by atoms with Crippen molar-refractivity contribution in [3.63, 3.8) is 0 Å². The highest BCUT2D eigenvalue weighted by Gasteiger charge is 2.35. The van der Waals surface area contributed by atoms with E-state index >= 15 is 0 Å². The van der Waals surface area contributed by atoms with E-state index in [1.54, 1.807) is 13.8 Å². The Morgan fingerprint density at radius 2 is 1.84 bits per heavy atom. The lowest BCUT2D eigenvalue weighted by molar-refractivity contribution is -0.144. The SMILES string of the molecule is CCNc1cc(NCCC(C)O)nc(C(F)(F)F)n1. The second-order valence-electron chi connectivity index (χ2n) is 4.05. The van der Waals surface area contributed by atoms with Crippen LogP contribution in [-0.4, -0.2) is 34.3 Å². The minimum Gasteiger partial charge on any atom is -0.393 e. The number of rotatable bonds is 6. The number of hydrogen-bond donors (Lipinski definition) is 3. The first-order valence-electron chi connectivity index (χ1n) is 5.95. The van der Waals surface area contributed by atoms with E-state index in [1.165, 1.54) is 6.07 Å². The highest BCUT2D eigenvalue weighted by molar-refractivity contribution is 5.47. The van der Waals surface area contributed by atoms with Crippen LogP contribution in [-0.2, 0) is 6.18 Å². The number of nitrogens with one attached hydrogen (secondary N) is 2. The first-order valence-corrected chi connectivity index (χ1v) is 5.95. The van der Waals surface area contributed by atoms with Crippen molar-refractivity contribution >= 4 is 11.6 Å². The molecule has 3 N–H and O–H groups in total. The molecule has 0 amide bonds. The molecule has 0 bridgehead atoms. The third-order valence-electron chi connectivity index (χ3n) is 2.21. The summed E-state index contributed by atoms with van der Waals surface area (Å²) in [7, 11) is 0. The number of aliphatic hydroxyl groups excluding tert-OH is 1. The van der Waals surface area contributed by atoms with Crippen molar-refractivity contribution in [3.8, 4) is 0 Å². The van der Waals surface area contributed by atoms with Crippen LogP contribution >= 0.6 is 0 Å². The number of hydrogen-bond acceptors (Lipinski definition) is 5. The van der Waals surface area contributed by atoms with Crippen LogP contribution < -0.4 is 10.6 Å². The second-order valence-corrected chi connectivity index (χ2v) is 4.05. The van der Waals surface area contributed by atoms with Crippen LogP contribution in [0.4, 0.5) is 24.8 Å². The fraction of sp³-hybridized carbons (Fsp3) is 0.636. The summed E-state index contributed by atoms with van der Waals surface area (Å²) >= 11 is 0. The summed E-state index contributed by atoms with van der Waals surface area (Å²) in [4.78, 5) is 6.82. The Morgan fingerprint density at radius 3 is 2.32 bits per heavy atom. The Morgan fingerprint density at radius 1 is 1.26 bits per heavy atom. The Bertz CT molecular complexity index is 409. The van der Waals surface area contributed by atoms with Crippen molar-refractivity contribution in [2.45, 2.75) is 32.5 Å². The predicted molar refractivity (Wildman–Crippen MR) is 66.0 cm³/mol. The monoisotopic (exact) mass is 278 g/mol. The molecule has 0 saturated carbocycles. The van der Waals surface area contributed by atoms with E-state index in [0.29, 0.717) is 19.5 Å². The van der Waals surface area contributed by atoms with E-state index in [-0.39, 0.29) is 11.6 Å². The van der Waals surface area contributed by atoms with Crippen LogP contribution in [0, 0.1) is 0 Å². The first-order chi connectivity index (χ1) is 8.82. The van der Waals surface area contributed by atoms with E-state index in [1.807, 2.05) is 0 Å². The third kappa shape index (κ3) is 5.29. The van der Waals surface area contributed by atoms with Crippen molar-refractivity contribution in [3.05, 3.63) is 11.9 Å². The van der Waals surface area contributed by atoms with Crippen LogP contribution in [0.15, 0.2) is 6.07 Å². The molecule has 1 aromatic heterocycles. The summed E-state index contributed by atoms with van der Waals surface area (Å²) in [6, 6.07) is 1.40. The van der Waals surface area contributed by atoms with E-state index in [9.17, 15) is 13.2 Å². The minimum atomic E-state index is -4.59. The van der Waals surface area contributed by atoms with Gasteiger partial charge in [-0.1, -0.05) is 0 Å². The lowest BCUT2D eigenvalue weighted by atomic mass is 10.3. The summed E-state index contributed by atoms with van der Waals surface area (Å²) in [5.41, 5.74) is 0. The van der Waals surface area contributed by atoms with Crippen molar-refractivity contribution < 1.29 is 18.3 Å². The molecule has 0 radical (unpaired) electrons. The predicted octanol–water partition coefficient (Wildman–Crippen LogP) is 2.11. The number of alkyl halides is 3. The maximum absolute atomic E-state index is 12.6. The van der Waals surface area contributed by atoms with Crippen molar-refractivity contribution in [1.29, 1.82) is 0 Å². The molecule has 1 rings (SSSR count). The maximum atomic E-state index is 12.6. The Labute approximate surface area is 109 Å². The zero-order valence-electron chi connectivity index (χ0n) is 10.8. The molecule has 1 atom stereocenters. The Hall–Kier alpha value is -1.57. The summed E-state index contributed by atoms with van der Waals surface area (Å²) in [6.45, 7) is 4.15. The average Bonchev–Trinajstić information content (AvgIpc) is 2.27. The molecular formula is C11H17F3N4O. The maximum Gasteiger partial charge on any atom is 0.451 e. The van der Waals surface area contributed by atoms with Crippen LogP contribution in [0.1, 0.15) is 26.1 Å². The largest absolute Gasteiger partial charge is 0.451 e. The van der Waals surface area contributed by atoms with E-state index in [4.69, 9.17) is 5.11 Å². The fourth-order valence-electron chi connectivity index (χ4n) is 1.35. The van der Waals surface area contributed by atoms with Gasteiger partial charge in [0.25, 0.3) is 0 Å². The smallest absolute Gasteiger partial charge is 0.393 e. The van der Waals surface area contributed by atoms with Crippen LogP contribution in [0.25, 0.3) is 0 Å². The molecule has 0 aliphatic heterocycles. The van der Waals surface area contributed by atoms with Crippen LogP contribution in [0.2, 0.25) is 0 Å². The standard InChI is InChI=1S/C11H17F3N4O/c1-3-15-8-6-9(16-5-4-7(2)19)18-10(17-8)11(12,13)14/h6-7,19H,3-5H2,1-2H3,(H2,15,16,17,18). The molecule has 108 valence electrons. The summed E-state index contributed by atoms with van der Waals surface area (Å²) in [5, 5.41) is 14.5. The van der Waals surface area contributed by atoms with Gasteiger partial charge < -0.3 is 15.7 Å². The fourth-order valence-corrected chi connectivity index (χ4v) is 1.35. The molecule has 1 aromatic rings.